The van der Waals surface area contributed by atoms with E-state index in [0.717, 1.165) is 17.8 Å². The van der Waals surface area contributed by atoms with Crippen LogP contribution in [0.1, 0.15) is 22.4 Å². The Morgan fingerprint density at radius 2 is 1.45 bits per heavy atom. The predicted molar refractivity (Wildman–Crippen MR) is 99.1 cm³/mol. The number of hydrogen-bond acceptors (Lipinski definition) is 4. The molecule has 1 aromatic carbocycles. The summed E-state index contributed by atoms with van der Waals surface area (Å²) in [6.07, 6.45) is -5.74. The standard InChI is InChI=1S/C19H22F3N3O4/c1-11-14(9-28-17(26)23-2)15(10-29-18(27)24-3)16(25(11)4)12-5-7-13(8-6-12)19(20,21)22/h5-8H,9-10H2,1-4H3,(H,23,26)(H,24,27). The number of amides is 2. The van der Waals surface area contributed by atoms with Gasteiger partial charge in [-0.05, 0) is 24.6 Å². The lowest BCUT2D eigenvalue weighted by Gasteiger charge is -2.12. The molecule has 1 heterocycles. The number of benzene rings is 1. The number of ether oxygens (including phenoxy) is 2. The van der Waals surface area contributed by atoms with E-state index in [-0.39, 0.29) is 13.2 Å². The van der Waals surface area contributed by atoms with Crippen LogP contribution in [-0.2, 0) is 35.9 Å². The molecule has 0 saturated carbocycles. The molecule has 0 aliphatic carbocycles. The number of halogens is 3. The van der Waals surface area contributed by atoms with E-state index in [9.17, 15) is 22.8 Å². The largest absolute Gasteiger partial charge is 0.445 e. The smallest absolute Gasteiger partial charge is 0.416 e. The van der Waals surface area contributed by atoms with Gasteiger partial charge >= 0.3 is 18.4 Å². The first-order valence-corrected chi connectivity index (χ1v) is 8.63. The Morgan fingerprint density at radius 3 is 1.90 bits per heavy atom. The molecule has 2 amide bonds. The summed E-state index contributed by atoms with van der Waals surface area (Å²) in [5, 5.41) is 4.67. The third-order valence-electron chi connectivity index (χ3n) is 4.51. The summed E-state index contributed by atoms with van der Waals surface area (Å²) in [6.45, 7) is 1.54. The van der Waals surface area contributed by atoms with E-state index in [1.165, 1.54) is 26.2 Å². The molecule has 1 aromatic heterocycles. The van der Waals surface area contributed by atoms with Crippen LogP contribution >= 0.6 is 0 Å². The molecule has 0 bridgehead atoms. The van der Waals surface area contributed by atoms with Crippen molar-refractivity contribution in [1.82, 2.24) is 15.2 Å². The van der Waals surface area contributed by atoms with Gasteiger partial charge < -0.3 is 24.7 Å². The lowest BCUT2D eigenvalue weighted by atomic mass is 10.0. The molecule has 2 N–H and O–H groups in total. The molecule has 0 spiro atoms. The maximum atomic E-state index is 12.9. The molecule has 0 unspecified atom stereocenters. The van der Waals surface area contributed by atoms with Crippen molar-refractivity contribution in [1.29, 1.82) is 0 Å². The zero-order chi connectivity index (χ0) is 21.8. The summed E-state index contributed by atoms with van der Waals surface area (Å²) in [7, 11) is 4.56. The lowest BCUT2D eigenvalue weighted by molar-refractivity contribution is -0.137. The Labute approximate surface area is 165 Å². The summed E-state index contributed by atoms with van der Waals surface area (Å²) in [4.78, 5) is 23.0. The predicted octanol–water partition coefficient (Wildman–Crippen LogP) is 3.73. The Morgan fingerprint density at radius 1 is 0.966 bits per heavy atom. The molecule has 2 rings (SSSR count). The van der Waals surface area contributed by atoms with Crippen LogP contribution < -0.4 is 10.6 Å². The number of nitrogens with one attached hydrogen (secondary N) is 2. The quantitative estimate of drug-likeness (QED) is 0.783. The summed E-state index contributed by atoms with van der Waals surface area (Å²) in [5.74, 6) is 0. The Kier molecular flexibility index (Phi) is 6.78. The second kappa shape index (κ2) is 8.89. The summed E-state index contributed by atoms with van der Waals surface area (Å²) in [5.41, 5.74) is 2.17. The van der Waals surface area contributed by atoms with E-state index in [0.29, 0.717) is 22.4 Å². The second-order valence-electron chi connectivity index (χ2n) is 6.18. The van der Waals surface area contributed by atoms with Gasteiger partial charge in [0, 0.05) is 38.0 Å². The zero-order valence-electron chi connectivity index (χ0n) is 16.4. The minimum absolute atomic E-state index is 0.0909. The van der Waals surface area contributed by atoms with Gasteiger partial charge in [0.25, 0.3) is 0 Å². The molecule has 7 nitrogen and oxygen atoms in total. The van der Waals surface area contributed by atoms with E-state index in [2.05, 4.69) is 10.6 Å². The Hall–Kier alpha value is -3.17. The van der Waals surface area contributed by atoms with Crippen molar-refractivity contribution in [2.75, 3.05) is 14.1 Å². The van der Waals surface area contributed by atoms with E-state index in [1.54, 1.807) is 18.5 Å². The molecule has 0 atom stereocenters. The highest BCUT2D eigenvalue weighted by Crippen LogP contribution is 2.35. The fourth-order valence-electron chi connectivity index (χ4n) is 2.89. The fourth-order valence-corrected chi connectivity index (χ4v) is 2.89. The van der Waals surface area contributed by atoms with Gasteiger partial charge in [-0.15, -0.1) is 0 Å². The number of alkyl halides is 3. The van der Waals surface area contributed by atoms with E-state index >= 15 is 0 Å². The molecule has 0 fully saturated rings. The maximum absolute atomic E-state index is 12.9. The van der Waals surface area contributed by atoms with Crippen molar-refractivity contribution in [3.8, 4) is 11.3 Å². The van der Waals surface area contributed by atoms with Gasteiger partial charge in [0.15, 0.2) is 0 Å². The number of rotatable bonds is 5. The van der Waals surface area contributed by atoms with E-state index < -0.39 is 23.9 Å². The number of aromatic nitrogens is 1. The minimum Gasteiger partial charge on any atom is -0.445 e. The fraction of sp³-hybridized carbons (Fsp3) is 0.368. The molecule has 0 saturated heterocycles. The first kappa shape index (κ1) is 22.1. The van der Waals surface area contributed by atoms with Gasteiger partial charge in [0.1, 0.15) is 13.2 Å². The molecule has 158 valence electrons. The van der Waals surface area contributed by atoms with Gasteiger partial charge in [-0.1, -0.05) is 12.1 Å². The van der Waals surface area contributed by atoms with Crippen molar-refractivity contribution >= 4 is 12.2 Å². The van der Waals surface area contributed by atoms with Gasteiger partial charge in [-0.25, -0.2) is 9.59 Å². The van der Waals surface area contributed by atoms with Crippen LogP contribution in [0.25, 0.3) is 11.3 Å². The average Bonchev–Trinajstić information content (AvgIpc) is 2.93. The van der Waals surface area contributed by atoms with E-state index in [1.807, 2.05) is 0 Å². The van der Waals surface area contributed by atoms with Gasteiger partial charge in [0.2, 0.25) is 0 Å². The molecule has 0 aliphatic rings. The SMILES string of the molecule is CNC(=O)OCc1c(COC(=O)NC)c(-c2ccc(C(F)(F)F)cc2)n(C)c1C. The molecular formula is C19H22F3N3O4. The first-order chi connectivity index (χ1) is 13.6. The van der Waals surface area contributed by atoms with Crippen LogP contribution in [0.2, 0.25) is 0 Å². The third kappa shape index (κ3) is 5.01. The van der Waals surface area contributed by atoms with Crippen LogP contribution in [0.3, 0.4) is 0 Å². The summed E-state index contributed by atoms with van der Waals surface area (Å²) < 4.78 is 50.7. The van der Waals surface area contributed by atoms with Crippen molar-refractivity contribution in [3.63, 3.8) is 0 Å². The normalized spacial score (nSPS) is 11.1. The van der Waals surface area contributed by atoms with E-state index in [4.69, 9.17) is 9.47 Å². The van der Waals surface area contributed by atoms with Crippen LogP contribution in [-0.4, -0.2) is 30.8 Å². The van der Waals surface area contributed by atoms with Crippen molar-refractivity contribution < 1.29 is 32.2 Å². The highest BCUT2D eigenvalue weighted by molar-refractivity contribution is 5.71. The highest BCUT2D eigenvalue weighted by Gasteiger charge is 2.30. The molecule has 29 heavy (non-hydrogen) atoms. The number of alkyl carbamates (subject to hydrolysis) is 2. The van der Waals surface area contributed by atoms with Crippen molar-refractivity contribution in [2.24, 2.45) is 7.05 Å². The number of hydrogen-bond donors (Lipinski definition) is 2. The Bertz CT molecular complexity index is 890. The van der Waals surface area contributed by atoms with Crippen LogP contribution in [0, 0.1) is 6.92 Å². The Balaban J connectivity index is 2.51. The molecule has 0 aliphatic heterocycles. The van der Waals surface area contributed by atoms with Crippen LogP contribution in [0.4, 0.5) is 22.8 Å². The number of carbonyl (C=O) groups is 2. The second-order valence-corrected chi connectivity index (χ2v) is 6.18. The number of nitrogens with zero attached hydrogens (tertiary/aromatic N) is 1. The van der Waals surface area contributed by atoms with Gasteiger partial charge in [-0.3, -0.25) is 0 Å². The van der Waals surface area contributed by atoms with Crippen molar-refractivity contribution in [2.45, 2.75) is 26.3 Å². The average molecular weight is 413 g/mol. The molecule has 10 heteroatoms. The maximum Gasteiger partial charge on any atom is 0.416 e. The first-order valence-electron chi connectivity index (χ1n) is 8.63. The third-order valence-corrected chi connectivity index (χ3v) is 4.51. The van der Waals surface area contributed by atoms with Crippen molar-refractivity contribution in [3.05, 3.63) is 46.6 Å². The summed E-state index contributed by atoms with van der Waals surface area (Å²) in [6, 6.07) is 4.68. The molecule has 0 radical (unpaired) electrons. The van der Waals surface area contributed by atoms with Gasteiger partial charge in [-0.2, -0.15) is 13.2 Å². The lowest BCUT2D eigenvalue weighted by Crippen LogP contribution is -2.20. The minimum atomic E-state index is -4.44. The zero-order valence-corrected chi connectivity index (χ0v) is 16.4. The van der Waals surface area contributed by atoms with Crippen LogP contribution in [0.15, 0.2) is 24.3 Å². The van der Waals surface area contributed by atoms with Gasteiger partial charge in [0.05, 0.1) is 11.3 Å². The highest BCUT2D eigenvalue weighted by atomic mass is 19.4. The van der Waals surface area contributed by atoms with Crippen LogP contribution in [0.5, 0.6) is 0 Å². The topological polar surface area (TPSA) is 81.6 Å². The molecular weight excluding hydrogens is 391 g/mol. The number of carbonyl (C=O) groups excluding carboxylic acids is 2. The molecule has 2 aromatic rings. The summed E-state index contributed by atoms with van der Waals surface area (Å²) >= 11 is 0. The monoisotopic (exact) mass is 413 g/mol.